The van der Waals surface area contributed by atoms with E-state index in [1.54, 1.807) is 25.6 Å². The number of carbonyl (C=O) groups is 1. The summed E-state index contributed by atoms with van der Waals surface area (Å²) in [6, 6.07) is 5.51. The van der Waals surface area contributed by atoms with Gasteiger partial charge in [-0.3, -0.25) is 4.79 Å². The number of ether oxygens (including phenoxy) is 2. The van der Waals surface area contributed by atoms with Crippen molar-refractivity contribution >= 4 is 16.9 Å². The van der Waals surface area contributed by atoms with Crippen molar-refractivity contribution in [3.8, 4) is 5.75 Å². The molecule has 6 heteroatoms. The van der Waals surface area contributed by atoms with E-state index < -0.39 is 0 Å². The number of imidazole rings is 1. The summed E-state index contributed by atoms with van der Waals surface area (Å²) in [5.74, 6) is 1.14. The lowest BCUT2D eigenvalue weighted by Crippen LogP contribution is -2.11. The molecule has 0 unspecified atom stereocenters. The largest absolute Gasteiger partial charge is 0.497 e. The fourth-order valence-corrected chi connectivity index (χ4v) is 2.45. The number of methoxy groups -OCH3 is 1. The molecular weight excluding hydrogens is 296 g/mol. The maximum absolute atomic E-state index is 12.0. The smallest absolute Gasteiger partial charge is 0.310 e. The molecule has 0 aliphatic heterocycles. The SMILES string of the molecule is CCn1ccnc1COC(=O)Cc1coc2cc(OC)ccc12. The van der Waals surface area contributed by atoms with Gasteiger partial charge in [0.15, 0.2) is 0 Å². The molecule has 2 heterocycles. The van der Waals surface area contributed by atoms with E-state index in [0.29, 0.717) is 11.3 Å². The van der Waals surface area contributed by atoms with Crippen molar-refractivity contribution in [2.24, 2.45) is 0 Å². The van der Waals surface area contributed by atoms with Crippen LogP contribution in [0.4, 0.5) is 0 Å². The molecule has 120 valence electrons. The molecule has 0 radical (unpaired) electrons. The van der Waals surface area contributed by atoms with E-state index in [9.17, 15) is 4.79 Å². The van der Waals surface area contributed by atoms with Gasteiger partial charge in [-0.25, -0.2) is 4.98 Å². The van der Waals surface area contributed by atoms with Crippen molar-refractivity contribution in [3.05, 3.63) is 48.2 Å². The fraction of sp³-hybridized carbons (Fsp3) is 0.294. The summed E-state index contributed by atoms with van der Waals surface area (Å²) in [7, 11) is 1.60. The number of benzene rings is 1. The lowest BCUT2D eigenvalue weighted by Gasteiger charge is -2.06. The molecule has 0 aliphatic carbocycles. The average molecular weight is 314 g/mol. The van der Waals surface area contributed by atoms with Gasteiger partial charge in [-0.15, -0.1) is 0 Å². The van der Waals surface area contributed by atoms with E-state index >= 15 is 0 Å². The minimum Gasteiger partial charge on any atom is -0.497 e. The Kier molecular flexibility index (Phi) is 4.32. The van der Waals surface area contributed by atoms with Gasteiger partial charge in [0.2, 0.25) is 0 Å². The number of nitrogens with zero attached hydrogens (tertiary/aromatic N) is 2. The van der Waals surface area contributed by atoms with Crippen LogP contribution in [0.1, 0.15) is 18.3 Å². The zero-order chi connectivity index (χ0) is 16.2. The molecule has 0 amide bonds. The van der Waals surface area contributed by atoms with Gasteiger partial charge >= 0.3 is 5.97 Å². The standard InChI is InChI=1S/C17H18N2O4/c1-3-19-7-6-18-16(19)11-23-17(20)8-12-10-22-15-9-13(21-2)4-5-14(12)15/h4-7,9-10H,3,8,11H2,1-2H3. The van der Waals surface area contributed by atoms with Crippen LogP contribution in [0.15, 0.2) is 41.3 Å². The summed E-state index contributed by atoms with van der Waals surface area (Å²) >= 11 is 0. The Morgan fingerprint density at radius 2 is 2.26 bits per heavy atom. The highest BCUT2D eigenvalue weighted by molar-refractivity contribution is 5.86. The third kappa shape index (κ3) is 3.21. The fourth-order valence-electron chi connectivity index (χ4n) is 2.45. The molecule has 1 aromatic carbocycles. The molecule has 0 bridgehead atoms. The Morgan fingerprint density at radius 1 is 1.39 bits per heavy atom. The Hall–Kier alpha value is -2.76. The highest BCUT2D eigenvalue weighted by atomic mass is 16.5. The average Bonchev–Trinajstić information content (AvgIpc) is 3.19. The molecule has 0 spiro atoms. The van der Waals surface area contributed by atoms with Crippen molar-refractivity contribution in [3.63, 3.8) is 0 Å². The molecule has 0 aliphatic rings. The van der Waals surface area contributed by atoms with Crippen LogP contribution in [0.2, 0.25) is 0 Å². The minimum atomic E-state index is -0.311. The van der Waals surface area contributed by atoms with Crippen LogP contribution in [0.5, 0.6) is 5.75 Å². The molecular formula is C17H18N2O4. The number of fused-ring (bicyclic) bond motifs is 1. The number of hydrogen-bond acceptors (Lipinski definition) is 5. The maximum Gasteiger partial charge on any atom is 0.310 e. The number of aromatic nitrogens is 2. The van der Waals surface area contributed by atoms with Crippen LogP contribution >= 0.6 is 0 Å². The highest BCUT2D eigenvalue weighted by Crippen LogP contribution is 2.26. The van der Waals surface area contributed by atoms with Gasteiger partial charge in [0.05, 0.1) is 19.8 Å². The molecule has 3 rings (SSSR count). The number of rotatable bonds is 6. The summed E-state index contributed by atoms with van der Waals surface area (Å²) in [5, 5.41) is 0.887. The van der Waals surface area contributed by atoms with E-state index in [1.165, 1.54) is 0 Å². The Balaban J connectivity index is 1.66. The van der Waals surface area contributed by atoms with Crippen LogP contribution in [0, 0.1) is 0 Å². The molecule has 0 saturated carbocycles. The monoisotopic (exact) mass is 314 g/mol. The number of aryl methyl sites for hydroxylation is 1. The molecule has 0 atom stereocenters. The molecule has 6 nitrogen and oxygen atoms in total. The number of furan rings is 1. The maximum atomic E-state index is 12.0. The first-order chi connectivity index (χ1) is 11.2. The second-order valence-electron chi connectivity index (χ2n) is 5.09. The van der Waals surface area contributed by atoms with Gasteiger partial charge in [0, 0.05) is 36.0 Å². The van der Waals surface area contributed by atoms with E-state index in [-0.39, 0.29) is 19.0 Å². The molecule has 23 heavy (non-hydrogen) atoms. The van der Waals surface area contributed by atoms with Crippen LogP contribution in [-0.4, -0.2) is 22.6 Å². The third-order valence-electron chi connectivity index (χ3n) is 3.70. The number of carbonyl (C=O) groups excluding carboxylic acids is 1. The Bertz CT molecular complexity index is 819. The lowest BCUT2D eigenvalue weighted by molar-refractivity contribution is -0.144. The minimum absolute atomic E-state index is 0.159. The second kappa shape index (κ2) is 6.56. The first-order valence-corrected chi connectivity index (χ1v) is 7.41. The topological polar surface area (TPSA) is 66.5 Å². The molecule has 0 N–H and O–H groups in total. The molecule has 2 aromatic heterocycles. The van der Waals surface area contributed by atoms with Crippen molar-refractivity contribution in [2.45, 2.75) is 26.5 Å². The van der Waals surface area contributed by atoms with Gasteiger partial charge in [0.25, 0.3) is 0 Å². The molecule has 0 saturated heterocycles. The number of hydrogen-bond donors (Lipinski definition) is 0. The van der Waals surface area contributed by atoms with Crippen LogP contribution in [-0.2, 0) is 29.1 Å². The van der Waals surface area contributed by atoms with Crippen LogP contribution in [0.3, 0.4) is 0 Å². The van der Waals surface area contributed by atoms with E-state index in [1.807, 2.05) is 29.8 Å². The van der Waals surface area contributed by atoms with Crippen LogP contribution in [0.25, 0.3) is 11.0 Å². The number of esters is 1. The predicted octanol–water partition coefficient (Wildman–Crippen LogP) is 2.94. The van der Waals surface area contributed by atoms with Crippen molar-refractivity contribution in [1.29, 1.82) is 0 Å². The van der Waals surface area contributed by atoms with E-state index in [4.69, 9.17) is 13.9 Å². The summed E-state index contributed by atoms with van der Waals surface area (Å²) in [4.78, 5) is 16.2. The van der Waals surface area contributed by atoms with Gasteiger partial charge in [-0.1, -0.05) is 0 Å². The van der Waals surface area contributed by atoms with Gasteiger partial charge in [-0.2, -0.15) is 0 Å². The first-order valence-electron chi connectivity index (χ1n) is 7.41. The predicted molar refractivity (Wildman–Crippen MR) is 84.2 cm³/mol. The third-order valence-corrected chi connectivity index (χ3v) is 3.70. The van der Waals surface area contributed by atoms with E-state index in [0.717, 1.165) is 23.3 Å². The Morgan fingerprint density at radius 3 is 3.04 bits per heavy atom. The second-order valence-corrected chi connectivity index (χ2v) is 5.09. The summed E-state index contributed by atoms with van der Waals surface area (Å²) in [6.07, 6.45) is 5.30. The zero-order valence-electron chi connectivity index (χ0n) is 13.1. The molecule has 3 aromatic rings. The van der Waals surface area contributed by atoms with Crippen molar-refractivity contribution in [2.75, 3.05) is 7.11 Å². The van der Waals surface area contributed by atoms with E-state index in [2.05, 4.69) is 4.98 Å². The summed E-state index contributed by atoms with van der Waals surface area (Å²) in [5.41, 5.74) is 1.49. The highest BCUT2D eigenvalue weighted by Gasteiger charge is 2.13. The summed E-state index contributed by atoms with van der Waals surface area (Å²) < 4.78 is 17.9. The lowest BCUT2D eigenvalue weighted by atomic mass is 10.1. The summed E-state index contributed by atoms with van der Waals surface area (Å²) in [6.45, 7) is 2.98. The van der Waals surface area contributed by atoms with Crippen molar-refractivity contribution in [1.82, 2.24) is 9.55 Å². The van der Waals surface area contributed by atoms with Gasteiger partial charge in [0.1, 0.15) is 23.8 Å². The van der Waals surface area contributed by atoms with Gasteiger partial charge in [-0.05, 0) is 19.1 Å². The zero-order valence-corrected chi connectivity index (χ0v) is 13.1. The van der Waals surface area contributed by atoms with Gasteiger partial charge < -0.3 is 18.5 Å². The first kappa shape index (κ1) is 15.1. The Labute approximate surface area is 133 Å². The molecule has 0 fully saturated rings. The normalized spacial score (nSPS) is 10.9. The van der Waals surface area contributed by atoms with Crippen molar-refractivity contribution < 1.29 is 18.7 Å². The quantitative estimate of drug-likeness (QED) is 0.654. The van der Waals surface area contributed by atoms with Crippen LogP contribution < -0.4 is 4.74 Å².